The van der Waals surface area contributed by atoms with Crippen molar-refractivity contribution in [2.24, 2.45) is 17.8 Å². The second-order valence-electron chi connectivity index (χ2n) is 7.59. The first-order valence-corrected chi connectivity index (χ1v) is 12.1. The fourth-order valence-electron chi connectivity index (χ4n) is 4.54. The fraction of sp³-hybridized carbons (Fsp3) is 0.550. The van der Waals surface area contributed by atoms with E-state index in [4.69, 9.17) is 5.11 Å². The van der Waals surface area contributed by atoms with Crippen molar-refractivity contribution >= 4 is 38.6 Å². The van der Waals surface area contributed by atoms with Gasteiger partial charge in [-0.05, 0) is 103 Å². The zero-order valence-corrected chi connectivity index (χ0v) is 18.2. The van der Waals surface area contributed by atoms with Gasteiger partial charge in [-0.15, -0.1) is 0 Å². The number of rotatable bonds is 9. The molecule has 7 heteroatoms. The van der Waals surface area contributed by atoms with Crippen molar-refractivity contribution in [3.05, 3.63) is 40.0 Å². The highest BCUT2D eigenvalue weighted by Crippen LogP contribution is 2.50. The van der Waals surface area contributed by atoms with Gasteiger partial charge in [-0.3, -0.25) is 4.79 Å². The van der Waals surface area contributed by atoms with E-state index in [1.165, 1.54) is 6.42 Å². The van der Waals surface area contributed by atoms with Gasteiger partial charge in [0.1, 0.15) is 0 Å². The van der Waals surface area contributed by atoms with E-state index < -0.39 is 16.0 Å². The first-order valence-electron chi connectivity index (χ1n) is 9.51. The van der Waals surface area contributed by atoms with Gasteiger partial charge in [0.15, 0.2) is 0 Å². The second-order valence-corrected chi connectivity index (χ2v) is 10.6. The normalized spacial score (nSPS) is 27.4. The predicted octanol–water partition coefficient (Wildman–Crippen LogP) is 4.19. The van der Waals surface area contributed by atoms with E-state index in [1.807, 2.05) is 18.2 Å². The third kappa shape index (κ3) is 5.32. The summed E-state index contributed by atoms with van der Waals surface area (Å²) in [7, 11) is -3.51. The number of hydrogen-bond acceptors (Lipinski definition) is 3. The van der Waals surface area contributed by atoms with Crippen molar-refractivity contribution in [2.45, 2.75) is 55.9 Å². The number of sulfonamides is 1. The van der Waals surface area contributed by atoms with Crippen LogP contribution in [0.25, 0.3) is 0 Å². The summed E-state index contributed by atoms with van der Waals surface area (Å²) in [4.78, 5) is 10.9. The van der Waals surface area contributed by atoms with Gasteiger partial charge < -0.3 is 5.11 Å². The summed E-state index contributed by atoms with van der Waals surface area (Å²) >= 11 is 2.17. The maximum absolute atomic E-state index is 12.8. The Kier molecular flexibility index (Phi) is 6.97. The van der Waals surface area contributed by atoms with Gasteiger partial charge in [-0.25, -0.2) is 13.1 Å². The van der Waals surface area contributed by atoms with Gasteiger partial charge in [0, 0.05) is 16.0 Å². The Morgan fingerprint density at radius 3 is 2.59 bits per heavy atom. The van der Waals surface area contributed by atoms with Crippen molar-refractivity contribution in [3.8, 4) is 0 Å². The number of carbonyl (C=O) groups is 1. The molecular weight excluding hydrogens is 477 g/mol. The van der Waals surface area contributed by atoms with Gasteiger partial charge in [-0.2, -0.15) is 0 Å². The molecule has 0 saturated heterocycles. The number of carboxylic acids is 1. The summed E-state index contributed by atoms with van der Waals surface area (Å²) in [6, 6.07) is 6.95. The molecule has 27 heavy (non-hydrogen) atoms. The van der Waals surface area contributed by atoms with Crippen LogP contribution < -0.4 is 4.72 Å². The van der Waals surface area contributed by atoms with Crippen LogP contribution in [-0.2, 0) is 14.8 Å². The molecule has 1 aromatic rings. The number of hydrogen-bond donors (Lipinski definition) is 2. The van der Waals surface area contributed by atoms with Crippen molar-refractivity contribution < 1.29 is 18.3 Å². The summed E-state index contributed by atoms with van der Waals surface area (Å²) in [6.45, 7) is 0. The largest absolute Gasteiger partial charge is 0.481 e. The molecule has 0 aromatic heterocycles. The zero-order valence-electron chi connectivity index (χ0n) is 15.2. The number of halogens is 1. The van der Waals surface area contributed by atoms with Crippen LogP contribution in [0.5, 0.6) is 0 Å². The van der Waals surface area contributed by atoms with Crippen molar-refractivity contribution in [1.82, 2.24) is 4.72 Å². The molecule has 0 amide bonds. The summed E-state index contributed by atoms with van der Waals surface area (Å²) in [6.07, 6.45) is 9.99. The topological polar surface area (TPSA) is 83.5 Å². The molecule has 5 nitrogen and oxygen atoms in total. The second kappa shape index (κ2) is 9.05. The highest BCUT2D eigenvalue weighted by molar-refractivity contribution is 14.1. The highest BCUT2D eigenvalue weighted by Gasteiger charge is 2.48. The smallest absolute Gasteiger partial charge is 0.303 e. The standard InChI is InChI=1S/C20H26INO4S/c21-16-9-11-17(12-10-16)27(25,26)22-20-15-8-7-14(13-15)18(20)5-3-1-2-4-6-19(23)24/h1,3,9-12,14-15,18,20,22H,2,4-8,13H2,(H,23,24)/b3-1-/t14-,15+,18+,20+/m0/s1. The SMILES string of the molecule is O=C(O)CCC/C=C\C[C@@H]1[C@H]2CC[C@H](C2)[C@H]1NS(=O)(=O)c1ccc(I)cc1. The first kappa shape index (κ1) is 20.8. The average Bonchev–Trinajstić information content (AvgIpc) is 3.20. The van der Waals surface area contributed by atoms with E-state index in [9.17, 15) is 13.2 Å². The van der Waals surface area contributed by atoms with Crippen LogP contribution in [0.2, 0.25) is 0 Å². The number of allylic oxidation sites excluding steroid dienone is 2. The number of carboxylic acid groups (broad SMARTS) is 1. The Labute approximate surface area is 174 Å². The molecule has 2 bridgehead atoms. The molecule has 2 N–H and O–H groups in total. The first-order chi connectivity index (χ1) is 12.9. The molecule has 0 aliphatic heterocycles. The van der Waals surface area contributed by atoms with Gasteiger partial charge in [0.05, 0.1) is 4.90 Å². The van der Waals surface area contributed by atoms with E-state index in [0.29, 0.717) is 29.1 Å². The molecule has 3 rings (SSSR count). The zero-order chi connectivity index (χ0) is 19.4. The van der Waals surface area contributed by atoms with Crippen molar-refractivity contribution in [3.63, 3.8) is 0 Å². The Morgan fingerprint density at radius 2 is 1.89 bits per heavy atom. The minimum absolute atomic E-state index is 0.00306. The van der Waals surface area contributed by atoms with Crippen molar-refractivity contribution in [1.29, 1.82) is 0 Å². The molecule has 2 aliphatic rings. The molecule has 2 aliphatic carbocycles. The van der Waals surface area contributed by atoms with Crippen LogP contribution in [0.4, 0.5) is 0 Å². The molecule has 148 valence electrons. The monoisotopic (exact) mass is 503 g/mol. The third-order valence-corrected chi connectivity index (χ3v) is 8.03. The van der Waals surface area contributed by atoms with E-state index in [0.717, 1.165) is 29.3 Å². The van der Waals surface area contributed by atoms with Crippen molar-refractivity contribution in [2.75, 3.05) is 0 Å². The number of fused-ring (bicyclic) bond motifs is 2. The average molecular weight is 503 g/mol. The minimum Gasteiger partial charge on any atom is -0.481 e. The Hall–Kier alpha value is -0.930. The Bertz CT molecular complexity index is 791. The van der Waals surface area contributed by atoms with Crippen LogP contribution >= 0.6 is 22.6 Å². The molecule has 0 unspecified atom stereocenters. The summed E-state index contributed by atoms with van der Waals surface area (Å²) in [5.74, 6) is 0.585. The lowest BCUT2D eigenvalue weighted by Gasteiger charge is -2.31. The number of benzene rings is 1. The third-order valence-electron chi connectivity index (χ3n) is 5.84. The van der Waals surface area contributed by atoms with Crippen LogP contribution in [0.1, 0.15) is 44.9 Å². The van der Waals surface area contributed by atoms with Gasteiger partial charge in [-0.1, -0.05) is 12.2 Å². The maximum atomic E-state index is 12.8. The van der Waals surface area contributed by atoms with Crippen LogP contribution in [0, 0.1) is 21.3 Å². The van der Waals surface area contributed by atoms with E-state index in [2.05, 4.69) is 33.4 Å². The molecule has 0 radical (unpaired) electrons. The lowest BCUT2D eigenvalue weighted by atomic mass is 9.83. The predicted molar refractivity (Wildman–Crippen MR) is 113 cm³/mol. The number of nitrogens with one attached hydrogen (secondary N) is 1. The van der Waals surface area contributed by atoms with Crippen LogP contribution in [0.3, 0.4) is 0 Å². The quantitative estimate of drug-likeness (QED) is 0.301. The van der Waals surface area contributed by atoms with E-state index in [-0.39, 0.29) is 12.5 Å². The molecule has 0 heterocycles. The summed E-state index contributed by atoms with van der Waals surface area (Å²) in [5.41, 5.74) is 0. The maximum Gasteiger partial charge on any atom is 0.303 e. The summed E-state index contributed by atoms with van der Waals surface area (Å²) in [5, 5.41) is 8.68. The summed E-state index contributed by atoms with van der Waals surface area (Å²) < 4.78 is 29.6. The number of unbranched alkanes of at least 4 members (excludes halogenated alkanes) is 1. The molecule has 4 atom stereocenters. The van der Waals surface area contributed by atoms with Gasteiger partial charge in [0.25, 0.3) is 0 Å². The van der Waals surface area contributed by atoms with Gasteiger partial charge in [0.2, 0.25) is 10.0 Å². The Morgan fingerprint density at radius 1 is 1.19 bits per heavy atom. The molecule has 0 spiro atoms. The van der Waals surface area contributed by atoms with E-state index >= 15 is 0 Å². The molecule has 2 saturated carbocycles. The lowest BCUT2D eigenvalue weighted by Crippen LogP contribution is -2.43. The molecule has 2 fully saturated rings. The van der Waals surface area contributed by atoms with Crippen LogP contribution in [0.15, 0.2) is 41.3 Å². The van der Waals surface area contributed by atoms with Gasteiger partial charge >= 0.3 is 5.97 Å². The highest BCUT2D eigenvalue weighted by atomic mass is 127. The van der Waals surface area contributed by atoms with E-state index in [1.54, 1.807) is 12.1 Å². The number of aliphatic carboxylic acids is 1. The van der Waals surface area contributed by atoms with Crippen LogP contribution in [-0.4, -0.2) is 25.5 Å². The minimum atomic E-state index is -3.51. The molecule has 1 aromatic carbocycles. The lowest BCUT2D eigenvalue weighted by molar-refractivity contribution is -0.137. The molecular formula is C20H26INO4S. The fourth-order valence-corrected chi connectivity index (χ4v) is 6.25. The Balaban J connectivity index is 1.62.